The summed E-state index contributed by atoms with van der Waals surface area (Å²) >= 11 is 0. The number of rotatable bonds is 7. The van der Waals surface area contributed by atoms with E-state index in [1.165, 1.54) is 28.6 Å². The lowest BCUT2D eigenvalue weighted by Crippen LogP contribution is -2.33. The van der Waals surface area contributed by atoms with Gasteiger partial charge < -0.3 is 0 Å². The van der Waals surface area contributed by atoms with Crippen molar-refractivity contribution in [1.82, 2.24) is 0 Å². The van der Waals surface area contributed by atoms with Crippen molar-refractivity contribution in [2.45, 2.75) is 32.1 Å². The maximum Gasteiger partial charge on any atom is 0.264 e. The molecule has 0 N–H and O–H groups in total. The van der Waals surface area contributed by atoms with E-state index in [4.69, 9.17) is 0 Å². The second kappa shape index (κ2) is 9.26. The predicted octanol–water partition coefficient (Wildman–Crippen LogP) is 6.13. The molecular formula is C25H26FNO2S. The number of sulfonamides is 1. The minimum atomic E-state index is -3.82. The van der Waals surface area contributed by atoms with Crippen molar-refractivity contribution >= 4 is 21.8 Å². The van der Waals surface area contributed by atoms with Gasteiger partial charge in [0.15, 0.2) is 0 Å². The lowest BCUT2D eigenvalue weighted by molar-refractivity contribution is 0.591. The topological polar surface area (TPSA) is 37.4 Å². The lowest BCUT2D eigenvalue weighted by atomic mass is 10.0. The SMILES string of the molecule is CC/C(=C\c1ccccc1C)CN(c1ccc(F)cc1)S(=O)(=O)c1ccc(C)cc1. The van der Waals surface area contributed by atoms with E-state index in [-0.39, 0.29) is 11.4 Å². The molecule has 156 valence electrons. The van der Waals surface area contributed by atoms with Gasteiger partial charge in [0.05, 0.1) is 17.1 Å². The van der Waals surface area contributed by atoms with Gasteiger partial charge in [-0.15, -0.1) is 0 Å². The van der Waals surface area contributed by atoms with E-state index in [0.717, 1.165) is 22.3 Å². The summed E-state index contributed by atoms with van der Waals surface area (Å²) in [5, 5.41) is 0. The summed E-state index contributed by atoms with van der Waals surface area (Å²) in [5.41, 5.74) is 4.56. The monoisotopic (exact) mass is 423 g/mol. The average molecular weight is 424 g/mol. The average Bonchev–Trinajstić information content (AvgIpc) is 2.73. The van der Waals surface area contributed by atoms with Gasteiger partial charge in [0, 0.05) is 0 Å². The second-order valence-electron chi connectivity index (χ2n) is 7.31. The largest absolute Gasteiger partial charge is 0.264 e. The van der Waals surface area contributed by atoms with Gasteiger partial charge in [-0.25, -0.2) is 12.8 Å². The molecule has 0 fully saturated rings. The van der Waals surface area contributed by atoms with E-state index in [2.05, 4.69) is 0 Å². The molecule has 0 amide bonds. The van der Waals surface area contributed by atoms with Crippen LogP contribution in [0.3, 0.4) is 0 Å². The molecule has 0 aliphatic heterocycles. The quantitative estimate of drug-likeness (QED) is 0.458. The van der Waals surface area contributed by atoms with Crippen LogP contribution in [-0.2, 0) is 10.0 Å². The molecule has 0 spiro atoms. The first-order valence-electron chi connectivity index (χ1n) is 9.91. The highest BCUT2D eigenvalue weighted by Crippen LogP contribution is 2.27. The fourth-order valence-electron chi connectivity index (χ4n) is 3.17. The summed E-state index contributed by atoms with van der Waals surface area (Å²) in [6.45, 7) is 6.13. The number of halogens is 1. The zero-order valence-electron chi connectivity index (χ0n) is 17.5. The van der Waals surface area contributed by atoms with E-state index in [1.807, 2.05) is 51.1 Å². The van der Waals surface area contributed by atoms with E-state index in [9.17, 15) is 12.8 Å². The molecular weight excluding hydrogens is 397 g/mol. The van der Waals surface area contributed by atoms with Gasteiger partial charge in [0.25, 0.3) is 10.0 Å². The molecule has 0 heterocycles. The van der Waals surface area contributed by atoms with Gasteiger partial charge in [-0.2, -0.15) is 0 Å². The molecule has 0 bridgehead atoms. The molecule has 5 heteroatoms. The molecule has 3 aromatic carbocycles. The Balaban J connectivity index is 2.06. The normalized spacial score (nSPS) is 12.1. The van der Waals surface area contributed by atoms with Crippen LogP contribution < -0.4 is 4.31 Å². The maximum atomic E-state index is 13.5. The third kappa shape index (κ3) is 4.97. The summed E-state index contributed by atoms with van der Waals surface area (Å²) in [6, 6.07) is 20.3. The third-order valence-corrected chi connectivity index (χ3v) is 6.86. The van der Waals surface area contributed by atoms with Crippen LogP contribution in [0.4, 0.5) is 10.1 Å². The van der Waals surface area contributed by atoms with Gasteiger partial charge >= 0.3 is 0 Å². The number of nitrogens with zero attached hydrogens (tertiary/aromatic N) is 1. The van der Waals surface area contributed by atoms with Crippen molar-refractivity contribution in [3.8, 4) is 0 Å². The molecule has 3 aromatic rings. The Morgan fingerprint density at radius 3 is 2.17 bits per heavy atom. The van der Waals surface area contributed by atoms with E-state index >= 15 is 0 Å². The van der Waals surface area contributed by atoms with E-state index in [0.29, 0.717) is 12.1 Å². The summed E-state index contributed by atoms with van der Waals surface area (Å²) in [4.78, 5) is 0.212. The fourth-order valence-corrected chi connectivity index (χ4v) is 4.64. The summed E-state index contributed by atoms with van der Waals surface area (Å²) in [5.74, 6) is -0.405. The van der Waals surface area contributed by atoms with Crippen LogP contribution >= 0.6 is 0 Å². The molecule has 0 saturated heterocycles. The van der Waals surface area contributed by atoms with Gasteiger partial charge in [-0.1, -0.05) is 55.0 Å². The smallest absolute Gasteiger partial charge is 0.262 e. The molecule has 3 nitrogen and oxygen atoms in total. The number of hydrogen-bond acceptors (Lipinski definition) is 2. The zero-order valence-corrected chi connectivity index (χ0v) is 18.3. The molecule has 0 aliphatic carbocycles. The minimum absolute atomic E-state index is 0.187. The Kier molecular flexibility index (Phi) is 6.73. The first-order chi connectivity index (χ1) is 14.3. The maximum absolute atomic E-state index is 13.5. The molecule has 30 heavy (non-hydrogen) atoms. The third-order valence-electron chi connectivity index (χ3n) is 5.07. The highest BCUT2D eigenvalue weighted by Gasteiger charge is 2.25. The van der Waals surface area contributed by atoms with Crippen LogP contribution in [0, 0.1) is 19.7 Å². The molecule has 0 saturated carbocycles. The van der Waals surface area contributed by atoms with Crippen LogP contribution in [0.15, 0.2) is 83.3 Å². The Labute approximate surface area is 178 Å². The number of anilines is 1. The van der Waals surface area contributed by atoms with Crippen LogP contribution in [0.2, 0.25) is 0 Å². The van der Waals surface area contributed by atoms with Gasteiger partial charge in [0.1, 0.15) is 5.82 Å². The van der Waals surface area contributed by atoms with Gasteiger partial charge in [-0.3, -0.25) is 4.31 Å². The number of benzene rings is 3. The fraction of sp³-hybridized carbons (Fsp3) is 0.200. The summed E-state index contributed by atoms with van der Waals surface area (Å²) in [6.07, 6.45) is 2.73. The summed E-state index contributed by atoms with van der Waals surface area (Å²) in [7, 11) is -3.82. The second-order valence-corrected chi connectivity index (χ2v) is 9.18. The molecule has 0 radical (unpaired) electrons. The van der Waals surface area contributed by atoms with Crippen molar-refractivity contribution in [2.24, 2.45) is 0 Å². The van der Waals surface area contributed by atoms with Crippen molar-refractivity contribution in [1.29, 1.82) is 0 Å². The molecule has 0 unspecified atom stereocenters. The number of aryl methyl sites for hydroxylation is 2. The molecule has 3 rings (SSSR count). The van der Waals surface area contributed by atoms with Crippen molar-refractivity contribution < 1.29 is 12.8 Å². The molecule has 0 aliphatic rings. The number of hydrogen-bond donors (Lipinski definition) is 0. The van der Waals surface area contributed by atoms with Crippen LogP contribution in [-0.4, -0.2) is 15.0 Å². The highest BCUT2D eigenvalue weighted by atomic mass is 32.2. The minimum Gasteiger partial charge on any atom is -0.262 e. The van der Waals surface area contributed by atoms with Gasteiger partial charge in [-0.05, 0) is 73.4 Å². The van der Waals surface area contributed by atoms with Crippen molar-refractivity contribution in [2.75, 3.05) is 10.8 Å². The standard InChI is InChI=1S/C25H26FNO2S/c1-4-21(17-22-8-6-5-7-20(22)3)18-27(24-13-11-23(26)12-14-24)30(28,29)25-15-9-19(2)10-16-25/h5-17H,4,18H2,1-3H3/b21-17+. The van der Waals surface area contributed by atoms with Crippen LogP contribution in [0.5, 0.6) is 0 Å². The van der Waals surface area contributed by atoms with E-state index in [1.54, 1.807) is 24.3 Å². The zero-order chi connectivity index (χ0) is 21.7. The van der Waals surface area contributed by atoms with Crippen LogP contribution in [0.1, 0.15) is 30.0 Å². The summed E-state index contributed by atoms with van der Waals surface area (Å²) < 4.78 is 41.9. The lowest BCUT2D eigenvalue weighted by Gasteiger charge is -2.26. The Morgan fingerprint density at radius 2 is 1.57 bits per heavy atom. The Hall–Kier alpha value is -2.92. The molecule has 0 atom stereocenters. The first kappa shape index (κ1) is 21.8. The van der Waals surface area contributed by atoms with Crippen molar-refractivity contribution in [3.05, 3.63) is 101 Å². The highest BCUT2D eigenvalue weighted by molar-refractivity contribution is 7.92. The van der Waals surface area contributed by atoms with Gasteiger partial charge in [0.2, 0.25) is 0 Å². The van der Waals surface area contributed by atoms with Crippen molar-refractivity contribution in [3.63, 3.8) is 0 Å². The Morgan fingerprint density at radius 1 is 0.933 bits per heavy atom. The van der Waals surface area contributed by atoms with E-state index < -0.39 is 15.8 Å². The first-order valence-corrected chi connectivity index (χ1v) is 11.4. The Bertz CT molecular complexity index is 1130. The predicted molar refractivity (Wildman–Crippen MR) is 122 cm³/mol. The molecule has 0 aromatic heterocycles. The van der Waals surface area contributed by atoms with Crippen LogP contribution in [0.25, 0.3) is 6.08 Å².